The van der Waals surface area contributed by atoms with Crippen molar-refractivity contribution in [2.45, 2.75) is 26.3 Å². The Morgan fingerprint density at radius 3 is 2.61 bits per heavy atom. The summed E-state index contributed by atoms with van der Waals surface area (Å²) in [6.45, 7) is 3.68. The number of rotatable bonds is 5. The number of carboxylic acid groups (broad SMARTS) is 1. The van der Waals surface area contributed by atoms with E-state index in [1.165, 1.54) is 23.4 Å². The molecule has 0 saturated heterocycles. The summed E-state index contributed by atoms with van der Waals surface area (Å²) in [7, 11) is 0. The second kappa shape index (κ2) is 6.00. The summed E-state index contributed by atoms with van der Waals surface area (Å²) in [5.74, 6) is -1.57. The molecule has 0 radical (unpaired) electrons. The van der Waals surface area contributed by atoms with E-state index in [0.29, 0.717) is 0 Å². The lowest BCUT2D eigenvalue weighted by atomic mass is 10.2. The van der Waals surface area contributed by atoms with Crippen molar-refractivity contribution in [3.8, 4) is 5.75 Å². The van der Waals surface area contributed by atoms with Gasteiger partial charge in [-0.15, -0.1) is 0 Å². The van der Waals surface area contributed by atoms with E-state index in [4.69, 9.17) is 5.11 Å². The van der Waals surface area contributed by atoms with Crippen LogP contribution < -0.4 is 0 Å². The van der Waals surface area contributed by atoms with Crippen molar-refractivity contribution in [1.82, 2.24) is 9.88 Å². The number of carboxylic acids is 1. The van der Waals surface area contributed by atoms with E-state index in [2.05, 4.69) is 4.98 Å². The molecule has 0 atom stereocenters. The summed E-state index contributed by atoms with van der Waals surface area (Å²) >= 11 is 0. The SMILES string of the molecule is CC(C)N(CCC(=O)O)C(=O)c1ccncc1O. The zero-order valence-electron chi connectivity index (χ0n) is 10.3. The van der Waals surface area contributed by atoms with E-state index in [1.54, 1.807) is 13.8 Å². The number of aliphatic carboxylic acids is 1. The Bertz CT molecular complexity index is 445. The summed E-state index contributed by atoms with van der Waals surface area (Å²) in [5, 5.41) is 18.2. The van der Waals surface area contributed by atoms with Gasteiger partial charge in [-0.05, 0) is 19.9 Å². The van der Waals surface area contributed by atoms with Gasteiger partial charge in [-0.25, -0.2) is 0 Å². The normalized spacial score (nSPS) is 10.4. The molecular formula is C12H16N2O4. The van der Waals surface area contributed by atoms with Gasteiger partial charge in [-0.2, -0.15) is 0 Å². The predicted molar refractivity (Wildman–Crippen MR) is 64.3 cm³/mol. The van der Waals surface area contributed by atoms with Gasteiger partial charge in [0, 0.05) is 18.8 Å². The number of carbonyl (C=O) groups is 2. The molecule has 0 bridgehead atoms. The van der Waals surface area contributed by atoms with Gasteiger partial charge in [0.2, 0.25) is 0 Å². The Balaban J connectivity index is 2.90. The van der Waals surface area contributed by atoms with Crippen LogP contribution in [0.25, 0.3) is 0 Å². The second-order valence-corrected chi connectivity index (χ2v) is 4.13. The minimum absolute atomic E-state index is 0.105. The average Bonchev–Trinajstić information content (AvgIpc) is 2.28. The van der Waals surface area contributed by atoms with Crippen LogP contribution in [0.2, 0.25) is 0 Å². The minimum atomic E-state index is -0.965. The monoisotopic (exact) mass is 252 g/mol. The predicted octanol–water partition coefficient (Wildman–Crippen LogP) is 1.11. The Morgan fingerprint density at radius 1 is 1.44 bits per heavy atom. The fraction of sp³-hybridized carbons (Fsp3) is 0.417. The van der Waals surface area contributed by atoms with E-state index in [9.17, 15) is 14.7 Å². The quantitative estimate of drug-likeness (QED) is 0.819. The maximum absolute atomic E-state index is 12.2. The van der Waals surface area contributed by atoms with Crippen LogP contribution in [-0.4, -0.2) is 44.6 Å². The largest absolute Gasteiger partial charge is 0.505 e. The van der Waals surface area contributed by atoms with Gasteiger partial charge in [0.1, 0.15) is 5.75 Å². The number of hydrogen-bond donors (Lipinski definition) is 2. The lowest BCUT2D eigenvalue weighted by Gasteiger charge is -2.26. The molecule has 98 valence electrons. The molecule has 1 rings (SSSR count). The Morgan fingerprint density at radius 2 is 2.11 bits per heavy atom. The molecule has 18 heavy (non-hydrogen) atoms. The van der Waals surface area contributed by atoms with Crippen LogP contribution in [0.3, 0.4) is 0 Å². The first kappa shape index (κ1) is 14.0. The number of amides is 1. The highest BCUT2D eigenvalue weighted by Crippen LogP contribution is 2.18. The third kappa shape index (κ3) is 3.44. The highest BCUT2D eigenvalue weighted by atomic mass is 16.4. The molecule has 1 aromatic heterocycles. The fourth-order valence-electron chi connectivity index (χ4n) is 1.53. The lowest BCUT2D eigenvalue weighted by Crippen LogP contribution is -2.38. The molecule has 2 N–H and O–H groups in total. The third-order valence-corrected chi connectivity index (χ3v) is 2.48. The van der Waals surface area contributed by atoms with E-state index in [0.717, 1.165) is 0 Å². The number of hydrogen-bond acceptors (Lipinski definition) is 4. The van der Waals surface area contributed by atoms with Crippen LogP contribution in [0.1, 0.15) is 30.6 Å². The molecule has 0 aliphatic rings. The Kier molecular flexibility index (Phi) is 4.65. The number of carbonyl (C=O) groups excluding carboxylic acids is 1. The summed E-state index contributed by atoms with van der Waals surface area (Å²) < 4.78 is 0. The first-order valence-electron chi connectivity index (χ1n) is 5.59. The van der Waals surface area contributed by atoms with Crippen molar-refractivity contribution in [1.29, 1.82) is 0 Å². The van der Waals surface area contributed by atoms with Crippen LogP contribution in [0.4, 0.5) is 0 Å². The zero-order chi connectivity index (χ0) is 13.7. The Hall–Kier alpha value is -2.11. The topological polar surface area (TPSA) is 90.7 Å². The minimum Gasteiger partial charge on any atom is -0.505 e. The van der Waals surface area contributed by atoms with Gasteiger partial charge in [0.05, 0.1) is 18.2 Å². The molecule has 0 unspecified atom stereocenters. The van der Waals surface area contributed by atoms with Crippen molar-refractivity contribution in [2.24, 2.45) is 0 Å². The lowest BCUT2D eigenvalue weighted by molar-refractivity contribution is -0.137. The Labute approximate surface area is 105 Å². The van der Waals surface area contributed by atoms with Crippen LogP contribution in [-0.2, 0) is 4.79 Å². The maximum atomic E-state index is 12.2. The van der Waals surface area contributed by atoms with Crippen molar-refractivity contribution < 1.29 is 19.8 Å². The highest BCUT2D eigenvalue weighted by Gasteiger charge is 2.21. The van der Waals surface area contributed by atoms with Crippen LogP contribution >= 0.6 is 0 Å². The van der Waals surface area contributed by atoms with Gasteiger partial charge in [0.25, 0.3) is 5.91 Å². The summed E-state index contributed by atoms with van der Waals surface area (Å²) in [6, 6.07) is 1.26. The average molecular weight is 252 g/mol. The maximum Gasteiger partial charge on any atom is 0.305 e. The molecule has 0 saturated carbocycles. The van der Waals surface area contributed by atoms with Crippen molar-refractivity contribution >= 4 is 11.9 Å². The molecule has 1 aromatic rings. The van der Waals surface area contributed by atoms with Crippen LogP contribution in [0, 0.1) is 0 Å². The first-order valence-corrected chi connectivity index (χ1v) is 5.59. The summed E-state index contributed by atoms with van der Waals surface area (Å²) in [5.41, 5.74) is 0.129. The van der Waals surface area contributed by atoms with Crippen LogP contribution in [0.15, 0.2) is 18.5 Å². The van der Waals surface area contributed by atoms with Crippen molar-refractivity contribution in [2.75, 3.05) is 6.54 Å². The first-order chi connectivity index (χ1) is 8.43. The molecule has 6 nitrogen and oxygen atoms in total. The number of nitrogens with zero attached hydrogens (tertiary/aromatic N) is 2. The molecule has 0 fully saturated rings. The smallest absolute Gasteiger partial charge is 0.305 e. The van der Waals surface area contributed by atoms with Gasteiger partial charge >= 0.3 is 5.97 Å². The van der Waals surface area contributed by atoms with Crippen molar-refractivity contribution in [3.63, 3.8) is 0 Å². The second-order valence-electron chi connectivity index (χ2n) is 4.13. The molecule has 0 aromatic carbocycles. The van der Waals surface area contributed by atoms with Gasteiger partial charge < -0.3 is 15.1 Å². The van der Waals surface area contributed by atoms with E-state index in [1.807, 2.05) is 0 Å². The van der Waals surface area contributed by atoms with Gasteiger partial charge in [0.15, 0.2) is 0 Å². The van der Waals surface area contributed by atoms with Gasteiger partial charge in [-0.3, -0.25) is 14.6 Å². The van der Waals surface area contributed by atoms with Crippen LogP contribution in [0.5, 0.6) is 5.75 Å². The van der Waals surface area contributed by atoms with E-state index >= 15 is 0 Å². The number of aromatic nitrogens is 1. The third-order valence-electron chi connectivity index (χ3n) is 2.48. The number of aromatic hydroxyl groups is 1. The number of pyridine rings is 1. The molecule has 6 heteroatoms. The molecule has 1 amide bonds. The highest BCUT2D eigenvalue weighted by molar-refractivity contribution is 5.96. The summed E-state index contributed by atoms with van der Waals surface area (Å²) in [6.07, 6.45) is 2.46. The van der Waals surface area contributed by atoms with Gasteiger partial charge in [-0.1, -0.05) is 0 Å². The molecule has 1 heterocycles. The zero-order valence-corrected chi connectivity index (χ0v) is 10.3. The fourth-order valence-corrected chi connectivity index (χ4v) is 1.53. The summed E-state index contributed by atoms with van der Waals surface area (Å²) in [4.78, 5) is 27.8. The molecule has 0 aliphatic carbocycles. The standard InChI is InChI=1S/C12H16N2O4/c1-8(2)14(6-4-11(16)17)12(18)9-3-5-13-7-10(9)15/h3,5,7-8,15H,4,6H2,1-2H3,(H,16,17). The van der Waals surface area contributed by atoms with E-state index < -0.39 is 11.9 Å². The molecular weight excluding hydrogens is 236 g/mol. The van der Waals surface area contributed by atoms with E-state index in [-0.39, 0.29) is 30.3 Å². The molecule has 0 spiro atoms. The molecule has 0 aliphatic heterocycles. The van der Waals surface area contributed by atoms with Crippen molar-refractivity contribution in [3.05, 3.63) is 24.0 Å².